The van der Waals surface area contributed by atoms with Crippen LogP contribution in [-0.2, 0) is 15.0 Å². The molecular weight excluding hydrogens is 430 g/mol. The third kappa shape index (κ3) is 3.61. The van der Waals surface area contributed by atoms with Crippen LogP contribution >= 0.6 is 0 Å². The standard InChI is InChI=1S/C26H29N5O3/c1-14(16-9-22(32)27-12-16)34-25-24-21(28-13-31(24)17-5-6-17)10-19(30-25)15-4-7-18-20(8-15)29-23(33)11-26(18,2)3/h4,7-8,10,13-14,16-17H,5-6,9,11-12H2,1-3H3,(H,27,32)(H,29,33). The molecule has 2 aliphatic heterocycles. The molecule has 0 spiro atoms. The number of nitrogens with one attached hydrogen (secondary N) is 2. The van der Waals surface area contributed by atoms with Crippen LogP contribution in [0.1, 0.15) is 58.1 Å². The van der Waals surface area contributed by atoms with Crippen molar-refractivity contribution in [3.63, 3.8) is 0 Å². The van der Waals surface area contributed by atoms with Crippen molar-refractivity contribution >= 4 is 28.5 Å². The Hall–Kier alpha value is -3.42. The van der Waals surface area contributed by atoms with Gasteiger partial charge in [0.15, 0.2) is 0 Å². The van der Waals surface area contributed by atoms with Gasteiger partial charge in [0.1, 0.15) is 11.6 Å². The first-order chi connectivity index (χ1) is 16.3. The van der Waals surface area contributed by atoms with E-state index in [9.17, 15) is 9.59 Å². The molecular formula is C26H29N5O3. The summed E-state index contributed by atoms with van der Waals surface area (Å²) < 4.78 is 8.60. The van der Waals surface area contributed by atoms with Crippen LogP contribution in [0.5, 0.6) is 5.88 Å². The highest BCUT2D eigenvalue weighted by atomic mass is 16.5. The molecule has 4 heterocycles. The predicted molar refractivity (Wildman–Crippen MR) is 129 cm³/mol. The molecule has 34 heavy (non-hydrogen) atoms. The lowest BCUT2D eigenvalue weighted by Gasteiger charge is -2.32. The molecule has 0 radical (unpaired) electrons. The lowest BCUT2D eigenvalue weighted by molar-refractivity contribution is -0.119. The Morgan fingerprint density at radius 2 is 2.00 bits per heavy atom. The number of hydrogen-bond acceptors (Lipinski definition) is 5. The van der Waals surface area contributed by atoms with E-state index in [2.05, 4.69) is 46.2 Å². The van der Waals surface area contributed by atoms with Crippen molar-refractivity contribution in [2.75, 3.05) is 11.9 Å². The second-order valence-corrected chi connectivity index (χ2v) is 10.5. The van der Waals surface area contributed by atoms with E-state index in [1.165, 1.54) is 0 Å². The highest BCUT2D eigenvalue weighted by Gasteiger charge is 2.33. The number of nitrogens with zero attached hydrogens (tertiary/aromatic N) is 3. The van der Waals surface area contributed by atoms with E-state index in [1.54, 1.807) is 0 Å². The number of aromatic nitrogens is 3. The Labute approximate surface area is 198 Å². The van der Waals surface area contributed by atoms with Gasteiger partial charge in [-0.15, -0.1) is 0 Å². The molecule has 6 rings (SSSR count). The number of imidazole rings is 1. The highest BCUT2D eigenvalue weighted by Crippen LogP contribution is 2.42. The molecule has 0 bridgehead atoms. The van der Waals surface area contributed by atoms with Crippen LogP contribution in [0.4, 0.5) is 5.69 Å². The number of anilines is 1. The zero-order valence-corrected chi connectivity index (χ0v) is 19.7. The summed E-state index contributed by atoms with van der Waals surface area (Å²) in [5, 5.41) is 5.91. The topological polar surface area (TPSA) is 98.1 Å². The van der Waals surface area contributed by atoms with Crippen LogP contribution in [0.2, 0.25) is 0 Å². The maximum absolute atomic E-state index is 12.3. The van der Waals surface area contributed by atoms with Gasteiger partial charge in [-0.1, -0.05) is 26.0 Å². The summed E-state index contributed by atoms with van der Waals surface area (Å²) in [6.07, 6.45) is 4.90. The van der Waals surface area contributed by atoms with Gasteiger partial charge in [0.25, 0.3) is 0 Å². The van der Waals surface area contributed by atoms with Crippen molar-refractivity contribution in [1.82, 2.24) is 19.9 Å². The fourth-order valence-electron chi connectivity index (χ4n) is 5.20. The molecule has 2 amide bonds. The zero-order valence-electron chi connectivity index (χ0n) is 19.7. The van der Waals surface area contributed by atoms with Crippen LogP contribution in [0.25, 0.3) is 22.3 Å². The van der Waals surface area contributed by atoms with Crippen molar-refractivity contribution in [2.24, 2.45) is 5.92 Å². The number of carbonyl (C=O) groups excluding carboxylic acids is 2. The Balaban J connectivity index is 1.42. The van der Waals surface area contributed by atoms with Crippen LogP contribution < -0.4 is 15.4 Å². The third-order valence-corrected chi connectivity index (χ3v) is 7.35. The molecule has 1 aliphatic carbocycles. The summed E-state index contributed by atoms with van der Waals surface area (Å²) in [4.78, 5) is 33.6. The van der Waals surface area contributed by atoms with E-state index < -0.39 is 0 Å². The van der Waals surface area contributed by atoms with Crippen molar-refractivity contribution in [2.45, 2.75) is 64.0 Å². The number of rotatable bonds is 5. The van der Waals surface area contributed by atoms with Crippen LogP contribution in [0.15, 0.2) is 30.6 Å². The Morgan fingerprint density at radius 1 is 1.18 bits per heavy atom. The smallest absolute Gasteiger partial charge is 0.241 e. The molecule has 176 valence electrons. The summed E-state index contributed by atoms with van der Waals surface area (Å²) in [5.41, 5.74) is 5.12. The highest BCUT2D eigenvalue weighted by molar-refractivity contribution is 5.96. The number of pyridine rings is 1. The fourth-order valence-corrected chi connectivity index (χ4v) is 5.20. The quantitative estimate of drug-likeness (QED) is 0.602. The second-order valence-electron chi connectivity index (χ2n) is 10.5. The van der Waals surface area contributed by atoms with Crippen molar-refractivity contribution in [3.8, 4) is 17.1 Å². The third-order valence-electron chi connectivity index (χ3n) is 7.35. The van der Waals surface area contributed by atoms with E-state index in [0.29, 0.717) is 31.3 Å². The van der Waals surface area contributed by atoms with E-state index in [-0.39, 0.29) is 29.3 Å². The maximum atomic E-state index is 12.3. The summed E-state index contributed by atoms with van der Waals surface area (Å²) in [5.74, 6) is 0.741. The first-order valence-electron chi connectivity index (χ1n) is 12.0. The largest absolute Gasteiger partial charge is 0.473 e. The first kappa shape index (κ1) is 21.1. The molecule has 3 aromatic rings. The number of fused-ring (bicyclic) bond motifs is 2. The Bertz CT molecular complexity index is 1320. The summed E-state index contributed by atoms with van der Waals surface area (Å²) in [6, 6.07) is 8.55. The average Bonchev–Trinajstić information content (AvgIpc) is 3.38. The van der Waals surface area contributed by atoms with Crippen LogP contribution in [0, 0.1) is 5.92 Å². The van der Waals surface area contributed by atoms with Gasteiger partial charge in [0, 0.05) is 48.0 Å². The normalized spacial score (nSPS) is 22.3. The molecule has 1 aromatic carbocycles. The summed E-state index contributed by atoms with van der Waals surface area (Å²) >= 11 is 0. The summed E-state index contributed by atoms with van der Waals surface area (Å²) in [7, 11) is 0. The minimum Gasteiger partial charge on any atom is -0.473 e. The molecule has 2 atom stereocenters. The zero-order chi connectivity index (χ0) is 23.6. The SMILES string of the molecule is CC(Oc1nc(-c2ccc3c(c2)NC(=O)CC3(C)C)cc2ncn(C3CC3)c12)C1CNC(=O)C1. The van der Waals surface area contributed by atoms with Crippen molar-refractivity contribution in [3.05, 3.63) is 36.2 Å². The Kier molecular flexibility index (Phi) is 4.69. The molecule has 8 nitrogen and oxygen atoms in total. The number of ether oxygens (including phenoxy) is 1. The second kappa shape index (κ2) is 7.55. The van der Waals surface area contributed by atoms with E-state index in [0.717, 1.165) is 46.4 Å². The molecule has 2 unspecified atom stereocenters. The lowest BCUT2D eigenvalue weighted by Crippen LogP contribution is -2.32. The minimum atomic E-state index is -0.215. The predicted octanol–water partition coefficient (Wildman–Crippen LogP) is 3.96. The van der Waals surface area contributed by atoms with E-state index in [1.807, 2.05) is 25.4 Å². The van der Waals surface area contributed by atoms with Gasteiger partial charge in [-0.05, 0) is 37.5 Å². The molecule has 1 saturated carbocycles. The minimum absolute atomic E-state index is 0.0267. The van der Waals surface area contributed by atoms with Crippen LogP contribution in [0.3, 0.4) is 0 Å². The van der Waals surface area contributed by atoms with Gasteiger partial charge in [-0.2, -0.15) is 0 Å². The molecule has 2 aromatic heterocycles. The molecule has 3 aliphatic rings. The maximum Gasteiger partial charge on any atom is 0.241 e. The first-order valence-corrected chi connectivity index (χ1v) is 12.0. The number of amides is 2. The van der Waals surface area contributed by atoms with E-state index in [4.69, 9.17) is 9.72 Å². The van der Waals surface area contributed by atoms with Crippen molar-refractivity contribution in [1.29, 1.82) is 0 Å². The van der Waals surface area contributed by atoms with Gasteiger partial charge in [-0.3, -0.25) is 9.59 Å². The van der Waals surface area contributed by atoms with Gasteiger partial charge in [0.2, 0.25) is 17.7 Å². The molecule has 1 saturated heterocycles. The lowest BCUT2D eigenvalue weighted by atomic mass is 9.77. The van der Waals surface area contributed by atoms with Crippen LogP contribution in [-0.4, -0.2) is 39.0 Å². The molecule has 2 N–H and O–H groups in total. The number of carbonyl (C=O) groups is 2. The van der Waals surface area contributed by atoms with E-state index >= 15 is 0 Å². The van der Waals surface area contributed by atoms with Gasteiger partial charge in [-0.25, -0.2) is 9.97 Å². The van der Waals surface area contributed by atoms with Gasteiger partial charge >= 0.3 is 0 Å². The monoisotopic (exact) mass is 459 g/mol. The van der Waals surface area contributed by atoms with Gasteiger partial charge in [0.05, 0.1) is 17.5 Å². The number of benzene rings is 1. The molecule has 8 heteroatoms. The molecule has 2 fully saturated rings. The average molecular weight is 460 g/mol. The van der Waals surface area contributed by atoms with Crippen molar-refractivity contribution < 1.29 is 14.3 Å². The summed E-state index contributed by atoms with van der Waals surface area (Å²) in [6.45, 7) is 6.80. The van der Waals surface area contributed by atoms with Gasteiger partial charge < -0.3 is 19.9 Å². The number of hydrogen-bond donors (Lipinski definition) is 2. The fraction of sp³-hybridized carbons (Fsp3) is 0.462. The Morgan fingerprint density at radius 3 is 2.74 bits per heavy atom.